The van der Waals surface area contributed by atoms with Crippen LogP contribution < -0.4 is 16.0 Å². The largest absolute Gasteiger partial charge is 0.355 e. The van der Waals surface area contributed by atoms with Crippen LogP contribution in [0.4, 0.5) is 0 Å². The number of para-hydroxylation sites is 1. The quantitative estimate of drug-likeness (QED) is 0.188. The number of nitrogens with zero attached hydrogens (tertiary/aromatic N) is 4. The van der Waals surface area contributed by atoms with Crippen LogP contribution in [-0.4, -0.2) is 46.8 Å². The first-order chi connectivity index (χ1) is 14.6. The van der Waals surface area contributed by atoms with E-state index in [1.54, 1.807) is 31.6 Å². The van der Waals surface area contributed by atoms with Crippen LogP contribution in [0.5, 0.6) is 0 Å². The van der Waals surface area contributed by atoms with Gasteiger partial charge in [0, 0.05) is 44.8 Å². The lowest BCUT2D eigenvalue weighted by molar-refractivity contribution is 0.0954. The molecule has 2 aromatic heterocycles. The molecule has 0 aliphatic rings. The number of guanidine groups is 1. The van der Waals surface area contributed by atoms with Gasteiger partial charge in [-0.3, -0.25) is 14.8 Å². The molecule has 0 saturated carbocycles. The molecule has 1 amide bonds. The predicted molar refractivity (Wildman–Crippen MR) is 133 cm³/mol. The Hall–Kier alpha value is -2.95. The molecule has 0 saturated heterocycles. The van der Waals surface area contributed by atoms with Crippen molar-refractivity contribution in [2.45, 2.75) is 20.4 Å². The summed E-state index contributed by atoms with van der Waals surface area (Å²) in [7, 11) is 1.72. The van der Waals surface area contributed by atoms with E-state index >= 15 is 0 Å². The van der Waals surface area contributed by atoms with Crippen LogP contribution in [0.2, 0.25) is 0 Å². The van der Waals surface area contributed by atoms with Crippen LogP contribution >= 0.6 is 24.0 Å². The third kappa shape index (κ3) is 6.78. The van der Waals surface area contributed by atoms with Gasteiger partial charge in [-0.2, -0.15) is 5.10 Å². The maximum Gasteiger partial charge on any atom is 0.252 e. The number of aromatic nitrogens is 3. The normalized spacial score (nSPS) is 10.9. The van der Waals surface area contributed by atoms with E-state index in [9.17, 15) is 4.79 Å². The van der Waals surface area contributed by atoms with E-state index in [1.807, 2.05) is 30.7 Å². The summed E-state index contributed by atoms with van der Waals surface area (Å²) in [4.78, 5) is 20.2. The number of aryl methyl sites for hydroxylation is 2. The van der Waals surface area contributed by atoms with Gasteiger partial charge < -0.3 is 16.0 Å². The highest BCUT2D eigenvalue weighted by Gasteiger charge is 2.09. The van der Waals surface area contributed by atoms with Gasteiger partial charge in [0.05, 0.1) is 16.9 Å². The van der Waals surface area contributed by atoms with Crippen molar-refractivity contribution in [1.29, 1.82) is 0 Å². The first-order valence-corrected chi connectivity index (χ1v) is 9.83. The van der Waals surface area contributed by atoms with Gasteiger partial charge in [-0.05, 0) is 43.7 Å². The summed E-state index contributed by atoms with van der Waals surface area (Å²) in [5.41, 5.74) is 4.76. The van der Waals surface area contributed by atoms with Crippen molar-refractivity contribution < 1.29 is 4.79 Å². The molecular weight excluding hydrogens is 505 g/mol. The van der Waals surface area contributed by atoms with E-state index in [0.717, 1.165) is 22.6 Å². The molecule has 0 aliphatic heterocycles. The third-order valence-electron chi connectivity index (χ3n) is 4.53. The second-order valence-electron chi connectivity index (χ2n) is 6.82. The monoisotopic (exact) mass is 533 g/mol. The molecule has 0 aliphatic carbocycles. The van der Waals surface area contributed by atoms with Crippen molar-refractivity contribution >= 4 is 35.8 Å². The third-order valence-corrected chi connectivity index (χ3v) is 4.53. The zero-order valence-electron chi connectivity index (χ0n) is 17.9. The van der Waals surface area contributed by atoms with Crippen molar-refractivity contribution in [3.8, 4) is 5.69 Å². The Labute approximate surface area is 199 Å². The average Bonchev–Trinajstić information content (AvgIpc) is 3.11. The van der Waals surface area contributed by atoms with E-state index in [1.165, 1.54) is 0 Å². The molecule has 3 N–H and O–H groups in total. The predicted octanol–water partition coefficient (Wildman–Crippen LogP) is 2.60. The lowest BCUT2D eigenvalue weighted by Gasteiger charge is -2.15. The van der Waals surface area contributed by atoms with Crippen LogP contribution in [0.1, 0.15) is 27.3 Å². The average molecular weight is 533 g/mol. The van der Waals surface area contributed by atoms with Crippen molar-refractivity contribution in [2.24, 2.45) is 4.99 Å². The lowest BCUT2D eigenvalue weighted by atomic mass is 10.1. The Kier molecular flexibility index (Phi) is 9.44. The Bertz CT molecular complexity index is 1020. The number of amides is 1. The van der Waals surface area contributed by atoms with Crippen LogP contribution in [-0.2, 0) is 6.54 Å². The van der Waals surface area contributed by atoms with Crippen LogP contribution in [0.15, 0.2) is 59.9 Å². The molecule has 1 aromatic carbocycles. The summed E-state index contributed by atoms with van der Waals surface area (Å²) in [6.45, 7) is 5.64. The number of halogens is 1. The van der Waals surface area contributed by atoms with Gasteiger partial charge in [-0.25, -0.2) is 4.68 Å². The van der Waals surface area contributed by atoms with E-state index in [0.29, 0.717) is 31.2 Å². The SMILES string of the molecule is CN=C(NCCNC(=O)c1cccnc1)NCc1ccccc1-n1nc(C)cc1C.I. The molecule has 8 nitrogen and oxygen atoms in total. The van der Waals surface area contributed by atoms with Gasteiger partial charge in [-0.1, -0.05) is 18.2 Å². The van der Waals surface area contributed by atoms with Crippen molar-refractivity contribution in [3.63, 3.8) is 0 Å². The molecule has 0 radical (unpaired) electrons. The van der Waals surface area contributed by atoms with Gasteiger partial charge >= 0.3 is 0 Å². The van der Waals surface area contributed by atoms with Crippen molar-refractivity contribution in [2.75, 3.05) is 20.1 Å². The summed E-state index contributed by atoms with van der Waals surface area (Å²) >= 11 is 0. The number of hydrogen-bond donors (Lipinski definition) is 3. The molecule has 31 heavy (non-hydrogen) atoms. The first kappa shape index (κ1) is 24.3. The summed E-state index contributed by atoms with van der Waals surface area (Å²) in [5.74, 6) is 0.514. The smallest absolute Gasteiger partial charge is 0.252 e. The molecule has 164 valence electrons. The second kappa shape index (κ2) is 12.0. The van der Waals surface area contributed by atoms with E-state index in [-0.39, 0.29) is 29.9 Å². The van der Waals surface area contributed by atoms with E-state index < -0.39 is 0 Å². The Morgan fingerprint density at radius 2 is 1.84 bits per heavy atom. The van der Waals surface area contributed by atoms with E-state index in [4.69, 9.17) is 0 Å². The van der Waals surface area contributed by atoms with Crippen molar-refractivity contribution in [3.05, 3.63) is 77.4 Å². The van der Waals surface area contributed by atoms with Crippen LogP contribution in [0.3, 0.4) is 0 Å². The van der Waals surface area contributed by atoms with Gasteiger partial charge in [0.2, 0.25) is 0 Å². The minimum atomic E-state index is -0.147. The van der Waals surface area contributed by atoms with E-state index in [2.05, 4.69) is 49.2 Å². The number of nitrogens with one attached hydrogen (secondary N) is 3. The summed E-state index contributed by atoms with van der Waals surface area (Å²) in [6, 6.07) is 13.7. The molecule has 3 rings (SSSR count). The summed E-state index contributed by atoms with van der Waals surface area (Å²) < 4.78 is 1.95. The number of carbonyl (C=O) groups is 1. The molecule has 0 bridgehead atoms. The van der Waals surface area contributed by atoms with Crippen LogP contribution in [0, 0.1) is 13.8 Å². The molecule has 2 heterocycles. The number of pyridine rings is 1. The maximum absolute atomic E-state index is 12.0. The number of aliphatic imine (C=N–C) groups is 1. The fourth-order valence-corrected chi connectivity index (χ4v) is 3.10. The Morgan fingerprint density at radius 1 is 1.06 bits per heavy atom. The highest BCUT2D eigenvalue weighted by Crippen LogP contribution is 2.16. The molecule has 0 spiro atoms. The molecule has 3 aromatic rings. The molecule has 9 heteroatoms. The minimum absolute atomic E-state index is 0. The Morgan fingerprint density at radius 3 is 2.52 bits per heavy atom. The molecular formula is C22H28IN7O. The fourth-order valence-electron chi connectivity index (χ4n) is 3.10. The highest BCUT2D eigenvalue weighted by atomic mass is 127. The molecule has 0 fully saturated rings. The summed E-state index contributed by atoms with van der Waals surface area (Å²) in [5, 5.41) is 14.0. The number of carbonyl (C=O) groups excluding carboxylic acids is 1. The van der Waals surface area contributed by atoms with Gasteiger partial charge in [0.1, 0.15) is 0 Å². The van der Waals surface area contributed by atoms with Gasteiger partial charge in [0.25, 0.3) is 5.91 Å². The minimum Gasteiger partial charge on any atom is -0.355 e. The van der Waals surface area contributed by atoms with Gasteiger partial charge in [0.15, 0.2) is 5.96 Å². The number of rotatable bonds is 7. The fraction of sp³-hybridized carbons (Fsp3) is 0.273. The number of hydrogen-bond acceptors (Lipinski definition) is 4. The molecule has 0 atom stereocenters. The van der Waals surface area contributed by atoms with Gasteiger partial charge in [-0.15, -0.1) is 24.0 Å². The van der Waals surface area contributed by atoms with Crippen LogP contribution in [0.25, 0.3) is 5.69 Å². The standard InChI is InChI=1S/C22H27N7O.HI/c1-16-13-17(2)29(28-16)20-9-5-4-7-18(20)15-27-22(23-3)26-12-11-25-21(30)19-8-6-10-24-14-19;/h4-10,13-14H,11-12,15H2,1-3H3,(H,25,30)(H2,23,26,27);1H. The molecule has 0 unspecified atom stereocenters. The lowest BCUT2D eigenvalue weighted by Crippen LogP contribution is -2.41. The summed E-state index contributed by atoms with van der Waals surface area (Å²) in [6.07, 6.45) is 3.19. The number of benzene rings is 1. The van der Waals surface area contributed by atoms with Crippen molar-refractivity contribution in [1.82, 2.24) is 30.7 Å². The maximum atomic E-state index is 12.0. The second-order valence-corrected chi connectivity index (χ2v) is 6.82. The highest BCUT2D eigenvalue weighted by molar-refractivity contribution is 14.0. The zero-order valence-corrected chi connectivity index (χ0v) is 20.3. The topological polar surface area (TPSA) is 96.2 Å². The first-order valence-electron chi connectivity index (χ1n) is 9.83. The zero-order chi connectivity index (χ0) is 21.3. The Balaban J connectivity index is 0.00000341.